The maximum absolute atomic E-state index is 13.5. The van der Waals surface area contributed by atoms with Crippen molar-refractivity contribution in [3.8, 4) is 0 Å². The van der Waals surface area contributed by atoms with Crippen LogP contribution in [0.1, 0.15) is 56.7 Å². The summed E-state index contributed by atoms with van der Waals surface area (Å²) in [5, 5.41) is 3.54. The number of carbonyl (C=O) groups excluding carboxylic acids is 2. The molecule has 2 aromatic rings. The normalized spacial score (nSPS) is 12.3. The van der Waals surface area contributed by atoms with Gasteiger partial charge in [0.1, 0.15) is 6.04 Å². The van der Waals surface area contributed by atoms with Crippen molar-refractivity contribution >= 4 is 39.1 Å². The number of nitrogens with zero attached hydrogens (tertiary/aromatic N) is 2. The molecule has 0 aliphatic carbocycles. The fourth-order valence-electron chi connectivity index (χ4n) is 4.01. The third-order valence-electron chi connectivity index (χ3n) is 6.27. The van der Waals surface area contributed by atoms with Crippen molar-refractivity contribution in [1.82, 2.24) is 10.2 Å². The van der Waals surface area contributed by atoms with Gasteiger partial charge in [0.2, 0.25) is 21.8 Å². The number of nitrogens with one attached hydrogen (secondary N) is 1. The molecule has 0 radical (unpaired) electrons. The summed E-state index contributed by atoms with van der Waals surface area (Å²) in [7, 11) is -3.54. The third-order valence-corrected chi connectivity index (χ3v) is 7.71. The van der Waals surface area contributed by atoms with Gasteiger partial charge in [0.25, 0.3) is 0 Å². The molecule has 2 amide bonds. The summed E-state index contributed by atoms with van der Waals surface area (Å²) >= 11 is 6.03. The zero-order chi connectivity index (χ0) is 27.8. The average Bonchev–Trinajstić information content (AvgIpc) is 2.82. The summed E-state index contributed by atoms with van der Waals surface area (Å²) in [5.74, 6) is -0.101. The van der Waals surface area contributed by atoms with Gasteiger partial charge < -0.3 is 10.2 Å². The van der Waals surface area contributed by atoms with Crippen LogP contribution in [0.5, 0.6) is 0 Å². The minimum atomic E-state index is -3.54. The van der Waals surface area contributed by atoms with E-state index < -0.39 is 16.1 Å². The predicted octanol–water partition coefficient (Wildman–Crippen LogP) is 5.08. The lowest BCUT2D eigenvalue weighted by molar-refractivity contribution is -0.141. The Morgan fingerprint density at radius 2 is 1.68 bits per heavy atom. The number of hydrogen-bond acceptors (Lipinski definition) is 4. The van der Waals surface area contributed by atoms with Crippen LogP contribution in [0.4, 0.5) is 5.69 Å². The van der Waals surface area contributed by atoms with E-state index >= 15 is 0 Å². The van der Waals surface area contributed by atoms with Crippen LogP contribution in [-0.2, 0) is 26.2 Å². The Labute approximate surface area is 227 Å². The van der Waals surface area contributed by atoms with Gasteiger partial charge in [-0.3, -0.25) is 13.9 Å². The number of amides is 2. The first kappa shape index (κ1) is 30.6. The number of aryl methyl sites for hydroxylation is 2. The van der Waals surface area contributed by atoms with Crippen LogP contribution >= 0.6 is 11.6 Å². The molecule has 0 aliphatic heterocycles. The smallest absolute Gasteiger partial charge is 0.242 e. The van der Waals surface area contributed by atoms with Gasteiger partial charge in [0.05, 0.1) is 11.9 Å². The molecule has 9 heteroatoms. The number of benzene rings is 2. The molecule has 0 saturated carbocycles. The highest BCUT2D eigenvalue weighted by atomic mass is 35.5. The van der Waals surface area contributed by atoms with Crippen molar-refractivity contribution in [3.63, 3.8) is 0 Å². The Hall–Kier alpha value is -2.58. The van der Waals surface area contributed by atoms with E-state index in [0.29, 0.717) is 30.1 Å². The highest BCUT2D eigenvalue weighted by Crippen LogP contribution is 2.22. The number of carbonyl (C=O) groups is 2. The lowest BCUT2D eigenvalue weighted by atomic mass is 10.1. The molecule has 37 heavy (non-hydrogen) atoms. The van der Waals surface area contributed by atoms with E-state index in [1.165, 1.54) is 10.6 Å². The Balaban J connectivity index is 2.22. The molecule has 2 aromatic carbocycles. The van der Waals surface area contributed by atoms with E-state index in [4.69, 9.17) is 11.6 Å². The highest BCUT2D eigenvalue weighted by molar-refractivity contribution is 7.92. The predicted molar refractivity (Wildman–Crippen MR) is 151 cm³/mol. The van der Waals surface area contributed by atoms with E-state index in [2.05, 4.69) is 5.32 Å². The van der Waals surface area contributed by atoms with Crippen molar-refractivity contribution in [3.05, 3.63) is 64.2 Å². The summed E-state index contributed by atoms with van der Waals surface area (Å²) in [6, 6.07) is 12.1. The summed E-state index contributed by atoms with van der Waals surface area (Å²) in [4.78, 5) is 28.1. The second-order valence-corrected chi connectivity index (χ2v) is 12.3. The van der Waals surface area contributed by atoms with Crippen LogP contribution in [0.25, 0.3) is 0 Å². The highest BCUT2D eigenvalue weighted by Gasteiger charge is 2.29. The summed E-state index contributed by atoms with van der Waals surface area (Å²) in [5.41, 5.74) is 3.51. The van der Waals surface area contributed by atoms with Gasteiger partial charge in [0, 0.05) is 31.1 Å². The fourth-order valence-corrected chi connectivity index (χ4v) is 5.10. The van der Waals surface area contributed by atoms with Gasteiger partial charge in [-0.15, -0.1) is 0 Å². The molecule has 0 fully saturated rings. The zero-order valence-corrected chi connectivity index (χ0v) is 24.3. The van der Waals surface area contributed by atoms with E-state index in [9.17, 15) is 18.0 Å². The van der Waals surface area contributed by atoms with Gasteiger partial charge in [-0.2, -0.15) is 0 Å². The summed E-state index contributed by atoms with van der Waals surface area (Å²) in [6.07, 6.45) is 2.06. The summed E-state index contributed by atoms with van der Waals surface area (Å²) in [6.45, 7) is 10.8. The molecule has 0 heterocycles. The van der Waals surface area contributed by atoms with Crippen LogP contribution in [-0.4, -0.2) is 50.5 Å². The molecule has 7 nitrogen and oxygen atoms in total. The minimum Gasteiger partial charge on any atom is -0.354 e. The average molecular weight is 550 g/mol. The van der Waals surface area contributed by atoms with Crippen LogP contribution in [0, 0.1) is 19.8 Å². The first-order valence-corrected chi connectivity index (χ1v) is 14.9. The molecule has 0 aromatic heterocycles. The summed E-state index contributed by atoms with van der Waals surface area (Å²) < 4.78 is 26.4. The SMILES string of the molecule is CCC(C(=O)NCC(C)C)N(Cc1ccc(Cl)cc1)C(=O)CCCN(c1ccc(C)c(C)c1)S(C)(=O)=O. The lowest BCUT2D eigenvalue weighted by Crippen LogP contribution is -2.49. The van der Waals surface area contributed by atoms with Crippen LogP contribution in [0.3, 0.4) is 0 Å². The van der Waals surface area contributed by atoms with Crippen molar-refractivity contribution < 1.29 is 18.0 Å². The maximum Gasteiger partial charge on any atom is 0.242 e. The minimum absolute atomic E-state index is 0.110. The molecule has 0 saturated heterocycles. The van der Waals surface area contributed by atoms with Crippen LogP contribution in [0.2, 0.25) is 5.02 Å². The first-order chi connectivity index (χ1) is 17.3. The zero-order valence-electron chi connectivity index (χ0n) is 22.8. The van der Waals surface area contributed by atoms with Crippen molar-refractivity contribution in [2.24, 2.45) is 5.92 Å². The number of anilines is 1. The molecular formula is C28H40ClN3O4S. The van der Waals surface area contributed by atoms with E-state index in [1.54, 1.807) is 23.1 Å². The second kappa shape index (κ2) is 13.8. The molecule has 0 bridgehead atoms. The van der Waals surface area contributed by atoms with Crippen molar-refractivity contribution in [2.45, 2.75) is 66.5 Å². The molecule has 204 valence electrons. The van der Waals surface area contributed by atoms with Crippen LogP contribution in [0.15, 0.2) is 42.5 Å². The molecule has 0 spiro atoms. The molecule has 1 unspecified atom stereocenters. The number of halogens is 1. The van der Waals surface area contributed by atoms with E-state index in [-0.39, 0.29) is 37.2 Å². The van der Waals surface area contributed by atoms with Gasteiger partial charge >= 0.3 is 0 Å². The maximum atomic E-state index is 13.5. The number of rotatable bonds is 13. The van der Waals surface area contributed by atoms with E-state index in [0.717, 1.165) is 16.7 Å². The molecular weight excluding hydrogens is 510 g/mol. The topological polar surface area (TPSA) is 86.8 Å². The number of sulfonamides is 1. The Kier molecular flexibility index (Phi) is 11.4. The quantitative estimate of drug-likeness (QED) is 0.377. The largest absolute Gasteiger partial charge is 0.354 e. The van der Waals surface area contributed by atoms with Crippen molar-refractivity contribution in [2.75, 3.05) is 23.7 Å². The van der Waals surface area contributed by atoms with E-state index in [1.807, 2.05) is 58.9 Å². The molecule has 1 atom stereocenters. The molecule has 0 aliphatic rings. The van der Waals surface area contributed by atoms with Gasteiger partial charge in [-0.05, 0) is 73.6 Å². The van der Waals surface area contributed by atoms with Gasteiger partial charge in [0.15, 0.2) is 0 Å². The molecule has 1 N–H and O–H groups in total. The third kappa shape index (κ3) is 9.34. The lowest BCUT2D eigenvalue weighted by Gasteiger charge is -2.31. The Morgan fingerprint density at radius 1 is 1.03 bits per heavy atom. The van der Waals surface area contributed by atoms with Gasteiger partial charge in [-0.25, -0.2) is 8.42 Å². The van der Waals surface area contributed by atoms with Crippen molar-refractivity contribution in [1.29, 1.82) is 0 Å². The fraction of sp³-hybridized carbons (Fsp3) is 0.500. The standard InChI is InChI=1S/C28H40ClN3O4S/c1-7-26(28(34)30-18-20(2)3)31(19-23-11-13-24(29)14-12-23)27(33)9-8-16-32(37(6,35)36)25-15-10-21(4)22(5)17-25/h10-15,17,20,26H,7-9,16,18-19H2,1-6H3,(H,30,34). The first-order valence-electron chi connectivity index (χ1n) is 12.7. The monoisotopic (exact) mass is 549 g/mol. The number of hydrogen-bond donors (Lipinski definition) is 1. The Morgan fingerprint density at radius 3 is 2.22 bits per heavy atom. The second-order valence-electron chi connectivity index (χ2n) is 9.92. The Bertz CT molecular complexity index is 1170. The molecule has 2 rings (SSSR count). The van der Waals surface area contributed by atoms with Gasteiger partial charge in [-0.1, -0.05) is 50.6 Å². The van der Waals surface area contributed by atoms with Crippen LogP contribution < -0.4 is 9.62 Å².